The molecule has 0 fully saturated rings. The number of nitrogens with zero attached hydrogens (tertiary/aromatic N) is 1. The predicted octanol–water partition coefficient (Wildman–Crippen LogP) is 4.67. The van der Waals surface area contributed by atoms with E-state index in [9.17, 15) is 8.42 Å². The van der Waals surface area contributed by atoms with Crippen LogP contribution in [0.5, 0.6) is 11.5 Å². The van der Waals surface area contributed by atoms with E-state index in [2.05, 4.69) is 9.93 Å². The summed E-state index contributed by atoms with van der Waals surface area (Å²) in [5.41, 5.74) is 1.97. The lowest BCUT2D eigenvalue weighted by atomic mass is 9.87. The topological polar surface area (TPSA) is 77.0 Å². The number of halogens is 1. The van der Waals surface area contributed by atoms with Gasteiger partial charge in [0.1, 0.15) is 0 Å². The first-order valence-electron chi connectivity index (χ1n) is 9.16. The van der Waals surface area contributed by atoms with E-state index in [1.54, 1.807) is 31.2 Å². The molecule has 2 aromatic rings. The quantitative estimate of drug-likeness (QED) is 0.503. The third-order valence-electron chi connectivity index (χ3n) is 4.27. The Morgan fingerprint density at radius 2 is 1.90 bits per heavy atom. The first-order valence-corrected chi connectivity index (χ1v) is 11.0. The van der Waals surface area contributed by atoms with E-state index in [0.29, 0.717) is 34.3 Å². The minimum Gasteiger partial charge on any atom is -0.491 e. The molecule has 2 rings (SSSR count). The van der Waals surface area contributed by atoms with Crippen molar-refractivity contribution >= 4 is 27.8 Å². The Kier molecular flexibility index (Phi) is 7.19. The molecule has 1 N–H and O–H groups in total. The molecule has 0 spiro atoms. The van der Waals surface area contributed by atoms with Crippen LogP contribution in [0.15, 0.2) is 40.3 Å². The van der Waals surface area contributed by atoms with Crippen molar-refractivity contribution in [1.82, 2.24) is 4.83 Å². The molecule has 0 amide bonds. The van der Waals surface area contributed by atoms with Crippen molar-refractivity contribution < 1.29 is 17.9 Å². The lowest BCUT2D eigenvalue weighted by molar-refractivity contribution is 0.311. The molecule has 29 heavy (non-hydrogen) atoms. The number of rotatable bonds is 7. The molecule has 8 heteroatoms. The molecule has 0 saturated heterocycles. The summed E-state index contributed by atoms with van der Waals surface area (Å²) in [6, 6.07) is 8.72. The second-order valence-corrected chi connectivity index (χ2v) is 9.59. The zero-order chi connectivity index (χ0) is 21.8. The highest BCUT2D eigenvalue weighted by Gasteiger charge is 2.21. The smallest absolute Gasteiger partial charge is 0.276 e. The summed E-state index contributed by atoms with van der Waals surface area (Å²) in [5.74, 6) is 0.876. The van der Waals surface area contributed by atoms with Crippen molar-refractivity contribution in [3.8, 4) is 11.5 Å². The second kappa shape index (κ2) is 9.05. The van der Waals surface area contributed by atoms with Gasteiger partial charge in [-0.05, 0) is 54.2 Å². The SMILES string of the molecule is CCOc1cc(/C=N/NS(=O)(=O)c2cc(C(C)(C)C)ccc2C)cc(Cl)c1OC. The molecule has 6 nitrogen and oxygen atoms in total. The van der Waals surface area contributed by atoms with Gasteiger partial charge < -0.3 is 9.47 Å². The largest absolute Gasteiger partial charge is 0.491 e. The number of benzene rings is 2. The molecule has 0 aliphatic carbocycles. The third-order valence-corrected chi connectivity index (χ3v) is 5.91. The van der Waals surface area contributed by atoms with Crippen LogP contribution in [-0.4, -0.2) is 28.3 Å². The molecule has 0 bridgehead atoms. The van der Waals surface area contributed by atoms with E-state index in [-0.39, 0.29) is 10.3 Å². The summed E-state index contributed by atoms with van der Waals surface area (Å²) >= 11 is 6.21. The zero-order valence-electron chi connectivity index (χ0n) is 17.5. The fraction of sp³-hybridized carbons (Fsp3) is 0.381. The maximum atomic E-state index is 12.8. The number of nitrogens with one attached hydrogen (secondary N) is 1. The maximum absolute atomic E-state index is 12.8. The molecular formula is C21H27ClN2O4S. The Bertz CT molecular complexity index is 1010. The predicted molar refractivity (Wildman–Crippen MR) is 117 cm³/mol. The fourth-order valence-corrected chi connectivity index (χ4v) is 4.06. The first-order chi connectivity index (χ1) is 13.5. The lowest BCUT2D eigenvalue weighted by Gasteiger charge is -2.20. The summed E-state index contributed by atoms with van der Waals surface area (Å²) in [5, 5.41) is 4.25. The monoisotopic (exact) mass is 438 g/mol. The number of sulfonamides is 1. The van der Waals surface area contributed by atoms with E-state index >= 15 is 0 Å². The van der Waals surface area contributed by atoms with Crippen LogP contribution in [0, 0.1) is 6.92 Å². The van der Waals surface area contributed by atoms with E-state index in [0.717, 1.165) is 5.56 Å². The highest BCUT2D eigenvalue weighted by atomic mass is 35.5. The first kappa shape index (κ1) is 23.0. The van der Waals surface area contributed by atoms with Crippen molar-refractivity contribution in [3.63, 3.8) is 0 Å². The number of hydrazone groups is 1. The number of ether oxygens (including phenoxy) is 2. The molecule has 0 saturated carbocycles. The van der Waals surface area contributed by atoms with Crippen LogP contribution >= 0.6 is 11.6 Å². The van der Waals surface area contributed by atoms with Crippen LogP contribution in [0.1, 0.15) is 44.4 Å². The fourth-order valence-electron chi connectivity index (χ4n) is 2.70. The Morgan fingerprint density at radius 1 is 1.21 bits per heavy atom. The molecule has 158 valence electrons. The Hall–Kier alpha value is -2.25. The third kappa shape index (κ3) is 5.64. The standard InChI is InChI=1S/C21H27ClN2O4S/c1-7-28-18-11-15(10-17(22)20(18)27-6)13-23-24-29(25,26)19-12-16(21(3,4)5)9-8-14(19)2/h8-13,24H,7H2,1-6H3/b23-13+. The summed E-state index contributed by atoms with van der Waals surface area (Å²) in [6.07, 6.45) is 1.37. The summed E-state index contributed by atoms with van der Waals surface area (Å²) in [7, 11) is -2.32. The van der Waals surface area contributed by atoms with Crippen molar-refractivity contribution in [2.24, 2.45) is 5.10 Å². The van der Waals surface area contributed by atoms with Crippen molar-refractivity contribution in [3.05, 3.63) is 52.0 Å². The van der Waals surface area contributed by atoms with Gasteiger partial charge in [-0.25, -0.2) is 4.83 Å². The van der Waals surface area contributed by atoms with E-state index in [1.165, 1.54) is 13.3 Å². The molecule has 2 aromatic carbocycles. The van der Waals surface area contributed by atoms with Gasteiger partial charge in [0.2, 0.25) is 0 Å². The van der Waals surface area contributed by atoms with Gasteiger partial charge in [0.25, 0.3) is 10.0 Å². The van der Waals surface area contributed by atoms with Crippen LogP contribution in [0.3, 0.4) is 0 Å². The van der Waals surface area contributed by atoms with Crippen molar-refractivity contribution in [2.45, 2.75) is 44.9 Å². The molecule has 0 aliphatic rings. The normalized spacial score (nSPS) is 12.2. The van der Waals surface area contributed by atoms with Gasteiger partial charge in [-0.1, -0.05) is 44.5 Å². The minimum absolute atomic E-state index is 0.170. The number of hydrogen-bond acceptors (Lipinski definition) is 5. The maximum Gasteiger partial charge on any atom is 0.276 e. The molecule has 0 unspecified atom stereocenters. The van der Waals surface area contributed by atoms with Crippen LogP contribution < -0.4 is 14.3 Å². The van der Waals surface area contributed by atoms with Gasteiger partial charge in [-0.2, -0.15) is 13.5 Å². The second-order valence-electron chi connectivity index (χ2n) is 7.55. The highest BCUT2D eigenvalue weighted by Crippen LogP contribution is 2.36. The molecule has 0 aliphatic heterocycles. The molecule has 0 radical (unpaired) electrons. The summed E-state index contributed by atoms with van der Waals surface area (Å²) in [4.78, 5) is 2.47. The van der Waals surface area contributed by atoms with Gasteiger partial charge in [0, 0.05) is 0 Å². The van der Waals surface area contributed by atoms with Gasteiger partial charge in [0.15, 0.2) is 11.5 Å². The number of methoxy groups -OCH3 is 1. The Balaban J connectivity index is 2.30. The van der Waals surface area contributed by atoms with Gasteiger partial charge in [-0.3, -0.25) is 0 Å². The molecular weight excluding hydrogens is 412 g/mol. The molecule has 0 atom stereocenters. The van der Waals surface area contributed by atoms with Crippen molar-refractivity contribution in [2.75, 3.05) is 13.7 Å². The van der Waals surface area contributed by atoms with Crippen molar-refractivity contribution in [1.29, 1.82) is 0 Å². The van der Waals surface area contributed by atoms with Crippen LogP contribution in [-0.2, 0) is 15.4 Å². The average Bonchev–Trinajstić information content (AvgIpc) is 2.61. The molecule has 0 heterocycles. The molecule has 0 aromatic heterocycles. The van der Waals surface area contributed by atoms with E-state index < -0.39 is 10.0 Å². The van der Waals surface area contributed by atoms with Gasteiger partial charge >= 0.3 is 0 Å². The van der Waals surface area contributed by atoms with Gasteiger partial charge in [-0.15, -0.1) is 0 Å². The van der Waals surface area contributed by atoms with Crippen LogP contribution in [0.25, 0.3) is 0 Å². The van der Waals surface area contributed by atoms with Crippen LogP contribution in [0.2, 0.25) is 5.02 Å². The minimum atomic E-state index is -3.82. The van der Waals surface area contributed by atoms with E-state index in [4.69, 9.17) is 21.1 Å². The van der Waals surface area contributed by atoms with Gasteiger partial charge in [0.05, 0.1) is 29.8 Å². The Morgan fingerprint density at radius 3 is 2.48 bits per heavy atom. The summed E-state index contributed by atoms with van der Waals surface area (Å²) in [6.45, 7) is 10.1. The number of aryl methyl sites for hydroxylation is 1. The van der Waals surface area contributed by atoms with E-state index in [1.807, 2.05) is 33.8 Å². The summed E-state index contributed by atoms with van der Waals surface area (Å²) < 4.78 is 36.3. The number of hydrogen-bond donors (Lipinski definition) is 1. The zero-order valence-corrected chi connectivity index (χ0v) is 19.1. The Labute approximate surface area is 177 Å². The highest BCUT2D eigenvalue weighted by molar-refractivity contribution is 7.89. The lowest BCUT2D eigenvalue weighted by Crippen LogP contribution is -2.21. The van der Waals surface area contributed by atoms with Crippen LogP contribution in [0.4, 0.5) is 0 Å². The average molecular weight is 439 g/mol.